The van der Waals surface area contributed by atoms with Crippen LogP contribution in [0, 0.1) is 5.92 Å². The molecule has 0 spiro atoms. The lowest BCUT2D eigenvalue weighted by Gasteiger charge is -2.35. The first-order chi connectivity index (χ1) is 19.3. The molecule has 0 radical (unpaired) electrons. The van der Waals surface area contributed by atoms with Gasteiger partial charge in [-0.25, -0.2) is 0 Å². The number of hydrogen-bond donors (Lipinski definition) is 2. The van der Waals surface area contributed by atoms with Gasteiger partial charge in [0, 0.05) is 36.1 Å². The average molecular weight is 548 g/mol. The first-order valence-electron chi connectivity index (χ1n) is 14.4. The van der Waals surface area contributed by atoms with Gasteiger partial charge in [-0.1, -0.05) is 19.9 Å². The maximum absolute atomic E-state index is 13.0. The van der Waals surface area contributed by atoms with E-state index >= 15 is 0 Å². The Kier molecular flexibility index (Phi) is 8.35. The lowest BCUT2D eigenvalue weighted by molar-refractivity contribution is -0.145. The van der Waals surface area contributed by atoms with Gasteiger partial charge in [0.25, 0.3) is 0 Å². The third kappa shape index (κ3) is 5.68. The highest BCUT2D eigenvalue weighted by atomic mass is 16.5. The summed E-state index contributed by atoms with van der Waals surface area (Å²) in [6.45, 7) is 7.51. The van der Waals surface area contributed by atoms with Gasteiger partial charge in [0.1, 0.15) is 0 Å². The summed E-state index contributed by atoms with van der Waals surface area (Å²) >= 11 is 0. The average Bonchev–Trinajstić information content (AvgIpc) is 3.36. The molecule has 0 unspecified atom stereocenters. The number of piperidine rings is 2. The molecule has 1 amide bonds. The van der Waals surface area contributed by atoms with Crippen molar-refractivity contribution in [1.82, 2.24) is 14.8 Å². The molecule has 8 nitrogen and oxygen atoms in total. The zero-order valence-corrected chi connectivity index (χ0v) is 24.0. The van der Waals surface area contributed by atoms with E-state index < -0.39 is 5.97 Å². The van der Waals surface area contributed by atoms with Crippen LogP contribution in [0.5, 0.6) is 11.5 Å². The quantitative estimate of drug-likeness (QED) is 0.388. The number of fused-ring (bicyclic) bond motifs is 1. The molecule has 2 aromatic carbocycles. The van der Waals surface area contributed by atoms with Crippen molar-refractivity contribution in [3.8, 4) is 22.8 Å². The van der Waals surface area contributed by atoms with Crippen LogP contribution in [0.1, 0.15) is 62.5 Å². The number of aromatic amines is 1. The van der Waals surface area contributed by atoms with Gasteiger partial charge in [0.15, 0.2) is 11.5 Å². The molecule has 0 bridgehead atoms. The number of aromatic nitrogens is 1. The van der Waals surface area contributed by atoms with Crippen LogP contribution in [0.15, 0.2) is 36.4 Å². The first-order valence-corrected chi connectivity index (χ1v) is 14.4. The number of rotatable bonds is 8. The molecule has 1 aromatic heterocycles. The number of hydrogen-bond acceptors (Lipinski definition) is 5. The number of carbonyl (C=O) groups excluding carboxylic acids is 1. The predicted molar refractivity (Wildman–Crippen MR) is 156 cm³/mol. The number of ether oxygens (including phenoxy) is 2. The number of aliphatic carboxylic acids is 1. The number of benzene rings is 2. The topological polar surface area (TPSA) is 95.1 Å². The Balaban J connectivity index is 1.30. The van der Waals surface area contributed by atoms with Gasteiger partial charge < -0.3 is 24.5 Å². The summed E-state index contributed by atoms with van der Waals surface area (Å²) in [5.41, 5.74) is 5.89. The van der Waals surface area contributed by atoms with E-state index in [-0.39, 0.29) is 11.8 Å². The fraction of sp³-hybridized carbons (Fsp3) is 0.500. The van der Waals surface area contributed by atoms with Gasteiger partial charge >= 0.3 is 5.97 Å². The third-order valence-electron chi connectivity index (χ3n) is 8.65. The predicted octanol–water partition coefficient (Wildman–Crippen LogP) is 5.48. The number of carbonyl (C=O) groups is 2. The van der Waals surface area contributed by atoms with E-state index in [9.17, 15) is 14.7 Å². The lowest BCUT2D eigenvalue weighted by Crippen LogP contribution is -2.47. The standard InChI is InChI=1S/C32H41N3O5/c1-20(2)30-25-16-22(7-9-26(25)33-31(30)23-8-10-27(39-3)28(17-23)40-4)21-11-14-35(15-12-21)29(36)19-34-13-5-6-24(18-34)32(37)38/h7-10,16-17,20-21,24,33H,5-6,11-15,18-19H2,1-4H3,(H,37,38)/t24-/m1/s1. The molecule has 0 saturated carbocycles. The normalized spacial score (nSPS) is 18.8. The molecule has 40 heavy (non-hydrogen) atoms. The molecule has 214 valence electrons. The Bertz CT molecular complexity index is 1370. The van der Waals surface area contributed by atoms with E-state index in [4.69, 9.17) is 9.47 Å². The first kappa shape index (κ1) is 28.0. The number of H-pyrrole nitrogens is 1. The number of carboxylic acids is 1. The summed E-state index contributed by atoms with van der Waals surface area (Å²) in [4.78, 5) is 32.0. The van der Waals surface area contributed by atoms with Crippen molar-refractivity contribution in [3.63, 3.8) is 0 Å². The number of nitrogens with zero attached hydrogens (tertiary/aromatic N) is 2. The Morgan fingerprint density at radius 2 is 1.75 bits per heavy atom. The fourth-order valence-corrected chi connectivity index (χ4v) is 6.46. The van der Waals surface area contributed by atoms with Crippen LogP contribution in [-0.2, 0) is 9.59 Å². The van der Waals surface area contributed by atoms with Crippen LogP contribution >= 0.6 is 0 Å². The van der Waals surface area contributed by atoms with Crippen molar-refractivity contribution in [1.29, 1.82) is 0 Å². The van der Waals surface area contributed by atoms with Crippen LogP contribution in [0.4, 0.5) is 0 Å². The number of methoxy groups -OCH3 is 2. The van der Waals surface area contributed by atoms with Crippen molar-refractivity contribution < 1.29 is 24.2 Å². The third-order valence-corrected chi connectivity index (χ3v) is 8.65. The van der Waals surface area contributed by atoms with Crippen LogP contribution < -0.4 is 9.47 Å². The molecule has 2 fully saturated rings. The van der Waals surface area contributed by atoms with E-state index in [1.807, 2.05) is 21.9 Å². The van der Waals surface area contributed by atoms with Gasteiger partial charge in [-0.3, -0.25) is 14.5 Å². The minimum Gasteiger partial charge on any atom is -0.493 e. The van der Waals surface area contributed by atoms with Crippen LogP contribution in [0.25, 0.3) is 22.2 Å². The van der Waals surface area contributed by atoms with E-state index in [1.54, 1.807) is 14.2 Å². The molecule has 0 aliphatic carbocycles. The molecule has 2 aliphatic heterocycles. The van der Waals surface area contributed by atoms with Gasteiger partial charge in [0.2, 0.25) is 5.91 Å². The molecule has 3 aromatic rings. The van der Waals surface area contributed by atoms with E-state index in [0.717, 1.165) is 55.7 Å². The molecule has 3 heterocycles. The molecule has 8 heteroatoms. The molecule has 1 atom stereocenters. The van der Waals surface area contributed by atoms with Gasteiger partial charge in [-0.05, 0) is 85.5 Å². The smallest absolute Gasteiger partial charge is 0.307 e. The summed E-state index contributed by atoms with van der Waals surface area (Å²) in [5, 5.41) is 10.6. The number of carboxylic acid groups (broad SMARTS) is 1. The summed E-state index contributed by atoms with van der Waals surface area (Å²) in [7, 11) is 3.30. The number of likely N-dealkylation sites (tertiary alicyclic amines) is 2. The molecular formula is C32H41N3O5. The summed E-state index contributed by atoms with van der Waals surface area (Å²) in [5.74, 6) is 1.14. The SMILES string of the molecule is COc1ccc(-c2[nH]c3ccc(C4CCN(C(=O)CN5CCC[C@@H](C(=O)O)C5)CC4)cc3c2C(C)C)cc1OC. The van der Waals surface area contributed by atoms with Crippen LogP contribution in [0.3, 0.4) is 0 Å². The van der Waals surface area contributed by atoms with E-state index in [0.29, 0.717) is 42.8 Å². The van der Waals surface area contributed by atoms with E-state index in [2.05, 4.69) is 43.1 Å². The van der Waals surface area contributed by atoms with Crippen molar-refractivity contribution >= 4 is 22.8 Å². The van der Waals surface area contributed by atoms with Crippen molar-refractivity contribution in [2.75, 3.05) is 46.9 Å². The highest BCUT2D eigenvalue weighted by molar-refractivity contribution is 5.92. The Hall–Kier alpha value is -3.52. The highest BCUT2D eigenvalue weighted by Gasteiger charge is 2.30. The van der Waals surface area contributed by atoms with Crippen LogP contribution in [0.2, 0.25) is 0 Å². The summed E-state index contributed by atoms with van der Waals surface area (Å²) in [6, 6.07) is 12.8. The monoisotopic (exact) mass is 547 g/mol. The highest BCUT2D eigenvalue weighted by Crippen LogP contribution is 2.40. The molecule has 5 rings (SSSR count). The van der Waals surface area contributed by atoms with Crippen LogP contribution in [-0.4, -0.2) is 78.7 Å². The van der Waals surface area contributed by atoms with Gasteiger partial charge in [-0.15, -0.1) is 0 Å². The van der Waals surface area contributed by atoms with Crippen molar-refractivity contribution in [2.45, 2.75) is 51.4 Å². The molecule has 2 N–H and O–H groups in total. The zero-order valence-electron chi connectivity index (χ0n) is 24.0. The minimum atomic E-state index is -0.756. The second kappa shape index (κ2) is 11.9. The van der Waals surface area contributed by atoms with Crippen molar-refractivity contribution in [2.24, 2.45) is 5.92 Å². The minimum absolute atomic E-state index is 0.118. The van der Waals surface area contributed by atoms with Gasteiger partial charge in [-0.2, -0.15) is 0 Å². The second-order valence-electron chi connectivity index (χ2n) is 11.5. The Morgan fingerprint density at radius 3 is 2.42 bits per heavy atom. The maximum atomic E-state index is 13.0. The molecule has 2 saturated heterocycles. The summed E-state index contributed by atoms with van der Waals surface area (Å²) < 4.78 is 11.0. The largest absolute Gasteiger partial charge is 0.493 e. The van der Waals surface area contributed by atoms with E-state index in [1.165, 1.54) is 16.5 Å². The Morgan fingerprint density at radius 1 is 1.00 bits per heavy atom. The summed E-state index contributed by atoms with van der Waals surface area (Å²) in [6.07, 6.45) is 3.39. The van der Waals surface area contributed by atoms with Crippen molar-refractivity contribution in [3.05, 3.63) is 47.5 Å². The fourth-order valence-electron chi connectivity index (χ4n) is 6.46. The lowest BCUT2D eigenvalue weighted by atomic mass is 9.87. The number of nitrogens with one attached hydrogen (secondary N) is 1. The molecule has 2 aliphatic rings. The zero-order chi connectivity index (χ0) is 28.4. The maximum Gasteiger partial charge on any atom is 0.307 e. The second-order valence-corrected chi connectivity index (χ2v) is 11.5. The molecular weight excluding hydrogens is 506 g/mol. The Labute approximate surface area is 236 Å². The van der Waals surface area contributed by atoms with Gasteiger partial charge in [0.05, 0.1) is 32.4 Å². The number of amides is 1.